The van der Waals surface area contributed by atoms with E-state index in [2.05, 4.69) is 29.4 Å². The summed E-state index contributed by atoms with van der Waals surface area (Å²) in [7, 11) is 0. The second-order valence-corrected chi connectivity index (χ2v) is 7.97. The van der Waals surface area contributed by atoms with Crippen LogP contribution in [0.15, 0.2) is 84.9 Å². The fourth-order valence-electron chi connectivity index (χ4n) is 5.18. The van der Waals surface area contributed by atoms with E-state index in [0.29, 0.717) is 11.3 Å². The van der Waals surface area contributed by atoms with Gasteiger partial charge in [0.15, 0.2) is 0 Å². The maximum Gasteiger partial charge on any atom is 0.403 e. The lowest BCUT2D eigenvalue weighted by atomic mass is 9.61. The van der Waals surface area contributed by atoms with E-state index in [4.69, 9.17) is 4.74 Å². The Balaban J connectivity index is 1.73. The molecule has 4 heteroatoms. The van der Waals surface area contributed by atoms with Crippen LogP contribution in [0.1, 0.15) is 30.4 Å². The Labute approximate surface area is 169 Å². The molecule has 1 aliphatic carbocycles. The monoisotopic (exact) mass is 380 g/mol. The Morgan fingerprint density at radius 1 is 0.759 bits per heavy atom. The van der Waals surface area contributed by atoms with Gasteiger partial charge in [-0.3, -0.25) is 0 Å². The molecular formula is C25H20N2O2. The summed E-state index contributed by atoms with van der Waals surface area (Å²) < 4.78 is 8.86. The van der Waals surface area contributed by atoms with Crippen molar-refractivity contribution in [3.05, 3.63) is 96.1 Å². The summed E-state index contributed by atoms with van der Waals surface area (Å²) >= 11 is 0. The fourth-order valence-corrected chi connectivity index (χ4v) is 5.18. The number of rotatable bonds is 2. The lowest BCUT2D eigenvalue weighted by molar-refractivity contribution is -0.817. The molecule has 4 nitrogen and oxygen atoms in total. The van der Waals surface area contributed by atoms with Crippen LogP contribution in [0.2, 0.25) is 0 Å². The van der Waals surface area contributed by atoms with Gasteiger partial charge in [0.2, 0.25) is 11.1 Å². The first-order valence-corrected chi connectivity index (χ1v) is 10.1. The highest BCUT2D eigenvalue weighted by molar-refractivity contribution is 5.89. The predicted molar refractivity (Wildman–Crippen MR) is 108 cm³/mol. The molecule has 0 saturated heterocycles. The summed E-state index contributed by atoms with van der Waals surface area (Å²) in [6, 6.07) is 28.4. The minimum absolute atomic E-state index is 0.198. The third kappa shape index (κ3) is 1.98. The molecule has 4 aromatic rings. The van der Waals surface area contributed by atoms with Crippen LogP contribution in [-0.2, 0) is 11.1 Å². The van der Waals surface area contributed by atoms with Crippen molar-refractivity contribution >= 4 is 10.8 Å². The number of ether oxygens (including phenoxy) is 1. The molecular weight excluding hydrogens is 360 g/mol. The van der Waals surface area contributed by atoms with E-state index >= 15 is 0 Å². The van der Waals surface area contributed by atoms with Crippen molar-refractivity contribution in [3.63, 3.8) is 0 Å². The topological polar surface area (TPSA) is 49.1 Å². The minimum Gasteiger partial charge on any atom is -0.854 e. The van der Waals surface area contributed by atoms with Crippen LogP contribution in [0.25, 0.3) is 10.8 Å². The summed E-state index contributed by atoms with van der Waals surface area (Å²) in [6.07, 6.45) is 2.92. The quantitative estimate of drug-likeness (QED) is 0.497. The van der Waals surface area contributed by atoms with Crippen LogP contribution in [0.3, 0.4) is 0 Å². The number of hydrogen-bond acceptors (Lipinski definition) is 3. The summed E-state index contributed by atoms with van der Waals surface area (Å²) in [4.78, 5) is 0. The van der Waals surface area contributed by atoms with Crippen molar-refractivity contribution < 1.29 is 14.5 Å². The molecule has 1 saturated carbocycles. The first-order chi connectivity index (χ1) is 14.3. The molecule has 6 rings (SSSR count). The molecule has 2 aliphatic rings. The van der Waals surface area contributed by atoms with Crippen LogP contribution in [0.5, 0.6) is 11.8 Å². The molecule has 142 valence electrons. The molecule has 0 N–H and O–H groups in total. The number of benzene rings is 3. The zero-order chi connectivity index (χ0) is 19.5. The molecule has 29 heavy (non-hydrogen) atoms. The number of hydrogen-bond donors (Lipinski definition) is 0. The Kier molecular flexibility index (Phi) is 3.31. The van der Waals surface area contributed by atoms with E-state index in [9.17, 15) is 5.11 Å². The van der Waals surface area contributed by atoms with Crippen LogP contribution in [-0.4, -0.2) is 5.10 Å². The molecule has 0 radical (unpaired) electrons. The Bertz CT molecular complexity index is 1180. The predicted octanol–water partition coefficient (Wildman–Crippen LogP) is 3.81. The molecule has 1 spiro atoms. The van der Waals surface area contributed by atoms with Crippen molar-refractivity contribution in [1.82, 2.24) is 5.10 Å². The number of nitrogens with zero attached hydrogens (tertiary/aromatic N) is 2. The number of aromatic nitrogens is 2. The lowest BCUT2D eigenvalue weighted by Crippen LogP contribution is -2.68. The van der Waals surface area contributed by atoms with Gasteiger partial charge in [-0.15, -0.1) is 0 Å². The van der Waals surface area contributed by atoms with Gasteiger partial charge < -0.3 is 9.84 Å². The van der Waals surface area contributed by atoms with E-state index in [1.54, 1.807) is 0 Å². The zero-order valence-corrected chi connectivity index (χ0v) is 15.9. The average molecular weight is 380 g/mol. The third-order valence-corrected chi connectivity index (χ3v) is 6.62. The van der Waals surface area contributed by atoms with E-state index in [0.717, 1.165) is 35.8 Å². The normalized spacial score (nSPS) is 18.2. The van der Waals surface area contributed by atoms with Gasteiger partial charge in [0.25, 0.3) is 0 Å². The minimum atomic E-state index is -0.718. The van der Waals surface area contributed by atoms with Gasteiger partial charge in [0.05, 0.1) is 11.3 Å². The van der Waals surface area contributed by atoms with E-state index in [-0.39, 0.29) is 5.88 Å². The van der Waals surface area contributed by atoms with Crippen LogP contribution in [0, 0.1) is 0 Å². The van der Waals surface area contributed by atoms with Gasteiger partial charge in [-0.25, -0.2) is 0 Å². The molecule has 0 bridgehead atoms. The Hall–Kier alpha value is -3.40. The van der Waals surface area contributed by atoms with Gasteiger partial charge in [0, 0.05) is 29.4 Å². The molecule has 0 amide bonds. The molecule has 0 unspecified atom stereocenters. The van der Waals surface area contributed by atoms with Crippen molar-refractivity contribution in [1.29, 1.82) is 0 Å². The van der Waals surface area contributed by atoms with Crippen molar-refractivity contribution in [2.24, 2.45) is 0 Å². The maximum absolute atomic E-state index is 12.9. The highest BCUT2D eigenvalue weighted by Crippen LogP contribution is 2.58. The summed E-state index contributed by atoms with van der Waals surface area (Å²) in [5, 5.41) is 18.8. The smallest absolute Gasteiger partial charge is 0.403 e. The molecule has 1 fully saturated rings. The van der Waals surface area contributed by atoms with Gasteiger partial charge in [-0.05, 0) is 22.3 Å². The first-order valence-electron chi connectivity index (χ1n) is 10.1. The van der Waals surface area contributed by atoms with Crippen LogP contribution >= 0.6 is 0 Å². The Morgan fingerprint density at radius 3 is 1.86 bits per heavy atom. The number of fused-ring (bicyclic) bond motifs is 4. The van der Waals surface area contributed by atoms with Gasteiger partial charge in [-0.2, -0.15) is 0 Å². The SMILES string of the molecule is [O-]c1n[n+]2c(c3ccccc13)OC(c1ccccc1)(c1ccccc1)C21CCC1. The van der Waals surface area contributed by atoms with E-state index < -0.39 is 11.1 Å². The van der Waals surface area contributed by atoms with Crippen molar-refractivity contribution in [2.75, 3.05) is 0 Å². The Morgan fingerprint density at radius 2 is 1.31 bits per heavy atom. The fraction of sp³-hybridized carbons (Fsp3) is 0.200. The molecule has 1 aromatic heterocycles. The molecule has 2 heterocycles. The van der Waals surface area contributed by atoms with Crippen molar-refractivity contribution in [3.8, 4) is 11.8 Å². The standard InChI is InChI=1S/C25H20N2O2/c28-22-20-14-7-8-15-21(20)23-27(26-22)24(16-9-17-24)25(29-23,18-10-3-1-4-11-18)19-12-5-2-6-13-19/h1-8,10-15H,9,16-17H2. The average Bonchev–Trinajstić information content (AvgIpc) is 3.08. The largest absolute Gasteiger partial charge is 0.854 e. The summed E-state index contributed by atoms with van der Waals surface area (Å²) in [5.41, 5.74) is 1.05. The van der Waals surface area contributed by atoms with Gasteiger partial charge in [0.1, 0.15) is 0 Å². The van der Waals surface area contributed by atoms with E-state index in [1.165, 1.54) is 0 Å². The maximum atomic E-state index is 12.9. The zero-order valence-electron chi connectivity index (χ0n) is 15.9. The highest BCUT2D eigenvalue weighted by Gasteiger charge is 2.73. The summed E-state index contributed by atoms with van der Waals surface area (Å²) in [6.45, 7) is 0. The van der Waals surface area contributed by atoms with E-state index in [1.807, 2.05) is 65.3 Å². The second-order valence-electron chi connectivity index (χ2n) is 7.97. The summed E-state index contributed by atoms with van der Waals surface area (Å²) in [5.74, 6) is 0.490. The lowest BCUT2D eigenvalue weighted by Gasteiger charge is -2.43. The third-order valence-electron chi connectivity index (χ3n) is 6.62. The highest BCUT2D eigenvalue weighted by atomic mass is 16.5. The molecule has 3 aromatic carbocycles. The van der Waals surface area contributed by atoms with Gasteiger partial charge >= 0.3 is 5.88 Å². The van der Waals surface area contributed by atoms with Crippen LogP contribution < -0.4 is 14.5 Å². The molecule has 1 aliphatic heterocycles. The molecule has 0 atom stereocenters. The second kappa shape index (κ2) is 5.80. The van der Waals surface area contributed by atoms with Crippen molar-refractivity contribution in [2.45, 2.75) is 30.4 Å². The van der Waals surface area contributed by atoms with Gasteiger partial charge in [-0.1, -0.05) is 78.9 Å². The van der Waals surface area contributed by atoms with Crippen LogP contribution in [0.4, 0.5) is 0 Å². The first kappa shape index (κ1) is 16.5.